The summed E-state index contributed by atoms with van der Waals surface area (Å²) >= 11 is 0. The van der Waals surface area contributed by atoms with Gasteiger partial charge in [0.2, 0.25) is 0 Å². The van der Waals surface area contributed by atoms with E-state index in [9.17, 15) is 0 Å². The standard InChI is InChI=1S/C4H7NO.C2H4/c1-4-2-5-3-6-4;1-2/h3-4H,2H2,1H3;1-2H2. The molecule has 1 rings (SSSR count). The van der Waals surface area contributed by atoms with Crippen LogP contribution in [-0.4, -0.2) is 19.0 Å². The second-order valence-corrected chi connectivity index (χ2v) is 1.42. The molecule has 1 aliphatic heterocycles. The van der Waals surface area contributed by atoms with E-state index in [0.717, 1.165) is 6.54 Å². The summed E-state index contributed by atoms with van der Waals surface area (Å²) in [6.45, 7) is 8.83. The van der Waals surface area contributed by atoms with Crippen LogP contribution in [0.25, 0.3) is 0 Å². The van der Waals surface area contributed by atoms with Crippen LogP contribution in [0.2, 0.25) is 0 Å². The van der Waals surface area contributed by atoms with E-state index in [1.165, 1.54) is 6.40 Å². The lowest BCUT2D eigenvalue weighted by atomic mass is 10.4. The number of hydrogen-bond donors (Lipinski definition) is 0. The first-order chi connectivity index (χ1) is 3.89. The van der Waals surface area contributed by atoms with E-state index in [1.54, 1.807) is 0 Å². The van der Waals surface area contributed by atoms with Crippen molar-refractivity contribution in [1.29, 1.82) is 0 Å². The van der Waals surface area contributed by atoms with E-state index in [2.05, 4.69) is 18.2 Å². The van der Waals surface area contributed by atoms with Gasteiger partial charge in [0.25, 0.3) is 0 Å². The first kappa shape index (κ1) is 7.21. The smallest absolute Gasteiger partial charge is 0.170 e. The maximum absolute atomic E-state index is 4.86. The van der Waals surface area contributed by atoms with Crippen molar-refractivity contribution in [3.63, 3.8) is 0 Å². The van der Waals surface area contributed by atoms with Crippen molar-refractivity contribution in [1.82, 2.24) is 0 Å². The van der Waals surface area contributed by atoms with Gasteiger partial charge in [0, 0.05) is 0 Å². The lowest BCUT2D eigenvalue weighted by Gasteiger charge is -1.94. The van der Waals surface area contributed by atoms with Crippen molar-refractivity contribution in [2.45, 2.75) is 13.0 Å². The van der Waals surface area contributed by atoms with E-state index in [-0.39, 0.29) is 0 Å². The Labute approximate surface area is 49.9 Å². The predicted octanol–water partition coefficient (Wildman–Crippen LogP) is 1.24. The lowest BCUT2D eigenvalue weighted by Crippen LogP contribution is -2.01. The lowest BCUT2D eigenvalue weighted by molar-refractivity contribution is 0.256. The van der Waals surface area contributed by atoms with Gasteiger partial charge < -0.3 is 4.74 Å². The van der Waals surface area contributed by atoms with Crippen molar-refractivity contribution in [2.75, 3.05) is 6.54 Å². The average Bonchev–Trinajstić information content (AvgIpc) is 2.24. The van der Waals surface area contributed by atoms with Gasteiger partial charge in [-0.1, -0.05) is 0 Å². The zero-order chi connectivity index (χ0) is 6.41. The van der Waals surface area contributed by atoms with Gasteiger partial charge >= 0.3 is 0 Å². The molecule has 2 heteroatoms. The Bertz CT molecular complexity index is 72.6. The Morgan fingerprint density at radius 2 is 2.38 bits per heavy atom. The highest BCUT2D eigenvalue weighted by Gasteiger charge is 2.01. The Hall–Kier alpha value is -0.790. The summed E-state index contributed by atoms with van der Waals surface area (Å²) < 4.78 is 4.86. The first-order valence-corrected chi connectivity index (χ1v) is 2.53. The third kappa shape index (κ3) is 2.39. The summed E-state index contributed by atoms with van der Waals surface area (Å²) in [7, 11) is 0. The molecule has 0 saturated heterocycles. The van der Waals surface area contributed by atoms with Crippen LogP contribution < -0.4 is 0 Å². The second kappa shape index (κ2) is 4.37. The first-order valence-electron chi connectivity index (χ1n) is 2.53. The van der Waals surface area contributed by atoms with Crippen molar-refractivity contribution in [3.05, 3.63) is 13.2 Å². The van der Waals surface area contributed by atoms with Crippen molar-refractivity contribution >= 4 is 6.40 Å². The number of nitrogens with zero attached hydrogens (tertiary/aromatic N) is 1. The summed E-state index contributed by atoms with van der Waals surface area (Å²) in [5.74, 6) is 0. The highest BCUT2D eigenvalue weighted by molar-refractivity contribution is 5.48. The van der Waals surface area contributed by atoms with Gasteiger partial charge in [0.1, 0.15) is 6.10 Å². The molecule has 2 nitrogen and oxygen atoms in total. The highest BCUT2D eigenvalue weighted by Crippen LogP contribution is 1.93. The van der Waals surface area contributed by atoms with E-state index in [4.69, 9.17) is 4.74 Å². The van der Waals surface area contributed by atoms with Crippen LogP contribution in [0.15, 0.2) is 18.2 Å². The molecule has 0 N–H and O–H groups in total. The third-order valence-corrected chi connectivity index (χ3v) is 0.730. The Morgan fingerprint density at radius 3 is 2.50 bits per heavy atom. The number of ether oxygens (including phenoxy) is 1. The van der Waals surface area contributed by atoms with Gasteiger partial charge in [0.15, 0.2) is 6.40 Å². The van der Waals surface area contributed by atoms with Crippen LogP contribution in [0.1, 0.15) is 6.92 Å². The van der Waals surface area contributed by atoms with Gasteiger partial charge in [-0.15, -0.1) is 13.2 Å². The molecule has 0 radical (unpaired) electrons. The third-order valence-electron chi connectivity index (χ3n) is 0.730. The zero-order valence-corrected chi connectivity index (χ0v) is 5.13. The maximum atomic E-state index is 4.86. The van der Waals surface area contributed by atoms with E-state index in [0.29, 0.717) is 6.10 Å². The summed E-state index contributed by atoms with van der Waals surface area (Å²) in [4.78, 5) is 3.82. The molecular weight excluding hydrogens is 102 g/mol. The molecule has 1 unspecified atom stereocenters. The molecule has 1 atom stereocenters. The summed E-state index contributed by atoms with van der Waals surface area (Å²) in [6, 6.07) is 0. The van der Waals surface area contributed by atoms with Crippen LogP contribution >= 0.6 is 0 Å². The Balaban J connectivity index is 0.000000222. The Morgan fingerprint density at radius 1 is 1.75 bits per heavy atom. The minimum absolute atomic E-state index is 0.324. The largest absolute Gasteiger partial charge is 0.479 e. The highest BCUT2D eigenvalue weighted by atomic mass is 16.5. The molecule has 46 valence electrons. The van der Waals surface area contributed by atoms with Crippen molar-refractivity contribution in [2.24, 2.45) is 4.99 Å². The van der Waals surface area contributed by atoms with E-state index < -0.39 is 0 Å². The molecule has 1 heterocycles. The molecule has 0 spiro atoms. The minimum atomic E-state index is 0.324. The van der Waals surface area contributed by atoms with Gasteiger partial charge in [0.05, 0.1) is 6.54 Å². The summed E-state index contributed by atoms with van der Waals surface area (Å²) in [6.07, 6.45) is 1.83. The molecule has 0 saturated carbocycles. The minimum Gasteiger partial charge on any atom is -0.479 e. The maximum Gasteiger partial charge on any atom is 0.170 e. The number of hydrogen-bond acceptors (Lipinski definition) is 2. The summed E-state index contributed by atoms with van der Waals surface area (Å²) in [5.41, 5.74) is 0. The molecule has 0 bridgehead atoms. The van der Waals surface area contributed by atoms with Gasteiger partial charge in [-0.3, -0.25) is 4.99 Å². The zero-order valence-electron chi connectivity index (χ0n) is 5.13. The van der Waals surface area contributed by atoms with Gasteiger partial charge in [-0.2, -0.15) is 0 Å². The molecule has 0 amide bonds. The second-order valence-electron chi connectivity index (χ2n) is 1.42. The molecule has 1 aliphatic rings. The van der Waals surface area contributed by atoms with Crippen molar-refractivity contribution < 1.29 is 4.74 Å². The molecule has 0 aromatic heterocycles. The monoisotopic (exact) mass is 113 g/mol. The molecule has 0 fully saturated rings. The van der Waals surface area contributed by atoms with Crippen LogP contribution in [0.4, 0.5) is 0 Å². The fourth-order valence-corrected chi connectivity index (χ4v) is 0.381. The molecular formula is C6H11NO. The molecule has 0 aromatic carbocycles. The quantitative estimate of drug-likeness (QED) is 0.433. The normalized spacial score (nSPS) is 23.4. The average molecular weight is 113 g/mol. The summed E-state index contributed by atoms with van der Waals surface area (Å²) in [5, 5.41) is 0. The fourth-order valence-electron chi connectivity index (χ4n) is 0.381. The van der Waals surface area contributed by atoms with E-state index in [1.807, 2.05) is 6.92 Å². The van der Waals surface area contributed by atoms with E-state index >= 15 is 0 Å². The predicted molar refractivity (Wildman–Crippen MR) is 35.2 cm³/mol. The number of rotatable bonds is 0. The van der Waals surface area contributed by atoms with Crippen LogP contribution in [0.3, 0.4) is 0 Å². The van der Waals surface area contributed by atoms with Crippen molar-refractivity contribution in [3.8, 4) is 0 Å². The molecule has 8 heavy (non-hydrogen) atoms. The molecule has 0 aromatic rings. The molecule has 0 aliphatic carbocycles. The van der Waals surface area contributed by atoms with Gasteiger partial charge in [-0.05, 0) is 6.92 Å². The number of aliphatic imine (C=N–C) groups is 1. The fraction of sp³-hybridized carbons (Fsp3) is 0.500. The topological polar surface area (TPSA) is 21.6 Å². The van der Waals surface area contributed by atoms with Gasteiger partial charge in [-0.25, -0.2) is 0 Å². The van der Waals surface area contributed by atoms with Crippen LogP contribution in [0.5, 0.6) is 0 Å². The van der Waals surface area contributed by atoms with Crippen LogP contribution in [0, 0.1) is 0 Å². The Kier molecular flexibility index (Phi) is 3.94. The van der Waals surface area contributed by atoms with Crippen LogP contribution in [-0.2, 0) is 4.74 Å². The SMILES string of the molecule is C=C.CC1CN=CO1.